The lowest BCUT2D eigenvalue weighted by Crippen LogP contribution is -2.10. The molecule has 0 saturated carbocycles. The van der Waals surface area contributed by atoms with Crippen LogP contribution in [0, 0.1) is 0 Å². The molecule has 0 bridgehead atoms. The van der Waals surface area contributed by atoms with Crippen LogP contribution in [0.3, 0.4) is 0 Å². The van der Waals surface area contributed by atoms with Crippen LogP contribution >= 0.6 is 0 Å². The van der Waals surface area contributed by atoms with Crippen LogP contribution in [0.4, 0.5) is 5.82 Å². The summed E-state index contributed by atoms with van der Waals surface area (Å²) in [6.45, 7) is 2.45. The van der Waals surface area contributed by atoms with E-state index in [1.165, 1.54) is 12.7 Å². The van der Waals surface area contributed by atoms with Gasteiger partial charge >= 0.3 is 5.97 Å². The number of anilines is 1. The van der Waals surface area contributed by atoms with Gasteiger partial charge in [0.1, 0.15) is 12.1 Å². The fourth-order valence-electron chi connectivity index (χ4n) is 1.46. The molecule has 0 aromatic carbocycles. The Hall–Kier alpha value is -2.44. The van der Waals surface area contributed by atoms with Crippen LogP contribution in [0.5, 0.6) is 0 Å². The molecule has 0 aliphatic carbocycles. The SMILES string of the molecule is CCOC(=O)c1ncn(Cc2ccncn2)c1N. The summed E-state index contributed by atoms with van der Waals surface area (Å²) in [4.78, 5) is 23.4. The van der Waals surface area contributed by atoms with Crippen molar-refractivity contribution in [2.24, 2.45) is 0 Å². The predicted octanol–water partition coefficient (Wildman–Crippen LogP) is 0.480. The van der Waals surface area contributed by atoms with Crippen LogP contribution < -0.4 is 5.73 Å². The molecule has 7 nitrogen and oxygen atoms in total. The molecule has 0 amide bonds. The van der Waals surface area contributed by atoms with Crippen LogP contribution in [0.25, 0.3) is 0 Å². The molecule has 7 heteroatoms. The summed E-state index contributed by atoms with van der Waals surface area (Å²) in [7, 11) is 0. The fourth-order valence-corrected chi connectivity index (χ4v) is 1.46. The molecular weight excluding hydrogens is 234 g/mol. The Morgan fingerprint density at radius 2 is 2.33 bits per heavy atom. The maximum Gasteiger partial charge on any atom is 0.360 e. The van der Waals surface area contributed by atoms with Crippen molar-refractivity contribution in [2.45, 2.75) is 13.5 Å². The molecule has 2 heterocycles. The van der Waals surface area contributed by atoms with Gasteiger partial charge in [-0.25, -0.2) is 19.7 Å². The van der Waals surface area contributed by atoms with E-state index >= 15 is 0 Å². The standard InChI is InChI=1S/C11H13N5O2/c1-2-18-11(17)9-10(12)16(7-15-9)5-8-3-4-13-6-14-8/h3-4,6-7H,2,5,12H2,1H3. The molecule has 0 spiro atoms. The van der Waals surface area contributed by atoms with Crippen molar-refractivity contribution in [3.8, 4) is 0 Å². The summed E-state index contributed by atoms with van der Waals surface area (Å²) in [5.41, 5.74) is 6.75. The number of nitrogens with zero attached hydrogens (tertiary/aromatic N) is 4. The van der Waals surface area contributed by atoms with Gasteiger partial charge in [-0.05, 0) is 13.0 Å². The molecule has 0 aliphatic rings. The third kappa shape index (κ3) is 2.45. The van der Waals surface area contributed by atoms with Gasteiger partial charge < -0.3 is 15.0 Å². The smallest absolute Gasteiger partial charge is 0.360 e. The number of ether oxygens (including phenoxy) is 1. The second-order valence-electron chi connectivity index (χ2n) is 3.53. The number of esters is 1. The van der Waals surface area contributed by atoms with E-state index in [0.717, 1.165) is 5.69 Å². The number of nitrogen functional groups attached to an aromatic ring is 1. The van der Waals surface area contributed by atoms with Crippen molar-refractivity contribution in [2.75, 3.05) is 12.3 Å². The lowest BCUT2D eigenvalue weighted by molar-refractivity contribution is 0.0521. The number of imidazole rings is 1. The van der Waals surface area contributed by atoms with Crippen LogP contribution in [0.1, 0.15) is 23.1 Å². The Balaban J connectivity index is 2.18. The molecule has 2 rings (SSSR count). The molecule has 0 fully saturated rings. The normalized spacial score (nSPS) is 10.3. The van der Waals surface area contributed by atoms with Crippen molar-refractivity contribution in [1.29, 1.82) is 0 Å². The summed E-state index contributed by atoms with van der Waals surface area (Å²) in [6, 6.07) is 1.77. The van der Waals surface area contributed by atoms with Crippen molar-refractivity contribution < 1.29 is 9.53 Å². The zero-order valence-electron chi connectivity index (χ0n) is 9.91. The first-order valence-corrected chi connectivity index (χ1v) is 5.45. The van der Waals surface area contributed by atoms with E-state index < -0.39 is 5.97 Å². The van der Waals surface area contributed by atoms with Crippen molar-refractivity contribution in [1.82, 2.24) is 19.5 Å². The second kappa shape index (κ2) is 5.26. The first-order valence-electron chi connectivity index (χ1n) is 5.45. The summed E-state index contributed by atoms with van der Waals surface area (Å²) < 4.78 is 6.49. The first-order chi connectivity index (χ1) is 8.72. The molecule has 94 valence electrons. The Morgan fingerprint density at radius 3 is 3.00 bits per heavy atom. The van der Waals surface area contributed by atoms with Crippen molar-refractivity contribution in [3.05, 3.63) is 36.3 Å². The first kappa shape index (κ1) is 12.0. The number of hydrogen-bond donors (Lipinski definition) is 1. The van der Waals surface area contributed by atoms with Crippen LogP contribution in [-0.2, 0) is 11.3 Å². The summed E-state index contributed by atoms with van der Waals surface area (Å²) >= 11 is 0. The van der Waals surface area contributed by atoms with E-state index in [0.29, 0.717) is 6.54 Å². The van der Waals surface area contributed by atoms with E-state index in [1.807, 2.05) is 0 Å². The van der Waals surface area contributed by atoms with Gasteiger partial charge in [0.2, 0.25) is 0 Å². The fraction of sp³-hybridized carbons (Fsp3) is 0.273. The highest BCUT2D eigenvalue weighted by molar-refractivity contribution is 5.92. The highest BCUT2D eigenvalue weighted by Crippen LogP contribution is 2.12. The molecule has 2 N–H and O–H groups in total. The van der Waals surface area contributed by atoms with Gasteiger partial charge in [-0.1, -0.05) is 0 Å². The van der Waals surface area contributed by atoms with Gasteiger partial charge in [-0.15, -0.1) is 0 Å². The maximum absolute atomic E-state index is 11.5. The molecule has 0 saturated heterocycles. The summed E-state index contributed by atoms with van der Waals surface area (Å²) in [5.74, 6) is -0.247. The van der Waals surface area contributed by atoms with Gasteiger partial charge in [0.05, 0.1) is 25.2 Å². The zero-order chi connectivity index (χ0) is 13.0. The average molecular weight is 247 g/mol. The minimum atomic E-state index is -0.517. The van der Waals surface area contributed by atoms with Crippen molar-refractivity contribution in [3.63, 3.8) is 0 Å². The van der Waals surface area contributed by atoms with E-state index in [-0.39, 0.29) is 18.1 Å². The number of hydrogen-bond acceptors (Lipinski definition) is 6. The number of carbonyl (C=O) groups excluding carboxylic acids is 1. The lowest BCUT2D eigenvalue weighted by atomic mass is 10.4. The molecule has 0 radical (unpaired) electrons. The van der Waals surface area contributed by atoms with Gasteiger partial charge in [0, 0.05) is 6.20 Å². The van der Waals surface area contributed by atoms with E-state index in [2.05, 4.69) is 15.0 Å². The second-order valence-corrected chi connectivity index (χ2v) is 3.53. The summed E-state index contributed by atoms with van der Waals surface area (Å²) in [6.07, 6.45) is 4.58. The third-order valence-electron chi connectivity index (χ3n) is 2.32. The number of nitrogens with two attached hydrogens (primary N) is 1. The predicted molar refractivity (Wildman–Crippen MR) is 63.7 cm³/mol. The highest BCUT2D eigenvalue weighted by Gasteiger charge is 2.16. The van der Waals surface area contributed by atoms with Gasteiger partial charge in [-0.2, -0.15) is 0 Å². The van der Waals surface area contributed by atoms with Crippen LogP contribution in [0.15, 0.2) is 24.9 Å². The molecule has 18 heavy (non-hydrogen) atoms. The molecule has 0 unspecified atom stereocenters. The van der Waals surface area contributed by atoms with E-state index in [4.69, 9.17) is 10.5 Å². The lowest BCUT2D eigenvalue weighted by Gasteiger charge is -2.04. The number of aromatic nitrogens is 4. The van der Waals surface area contributed by atoms with E-state index in [1.54, 1.807) is 23.8 Å². The summed E-state index contributed by atoms with van der Waals surface area (Å²) in [5, 5.41) is 0. The van der Waals surface area contributed by atoms with Crippen LogP contribution in [-0.4, -0.2) is 32.1 Å². The topological polar surface area (TPSA) is 95.9 Å². The average Bonchev–Trinajstić information content (AvgIpc) is 2.73. The van der Waals surface area contributed by atoms with E-state index in [9.17, 15) is 4.79 Å². The van der Waals surface area contributed by atoms with Gasteiger partial charge in [0.25, 0.3) is 0 Å². The number of carbonyl (C=O) groups is 1. The maximum atomic E-state index is 11.5. The number of rotatable bonds is 4. The Morgan fingerprint density at radius 1 is 1.50 bits per heavy atom. The molecular formula is C11H13N5O2. The van der Waals surface area contributed by atoms with Gasteiger partial charge in [0.15, 0.2) is 5.69 Å². The zero-order valence-corrected chi connectivity index (χ0v) is 9.91. The third-order valence-corrected chi connectivity index (χ3v) is 2.32. The molecule has 2 aromatic rings. The monoisotopic (exact) mass is 247 g/mol. The van der Waals surface area contributed by atoms with Gasteiger partial charge in [-0.3, -0.25) is 0 Å². The Bertz CT molecular complexity index is 538. The highest BCUT2D eigenvalue weighted by atomic mass is 16.5. The quantitative estimate of drug-likeness (QED) is 0.789. The Labute approximate surface area is 104 Å². The molecule has 0 aliphatic heterocycles. The molecule has 2 aromatic heterocycles. The Kier molecular flexibility index (Phi) is 3.52. The minimum absolute atomic E-state index is 0.130. The van der Waals surface area contributed by atoms with Crippen LogP contribution in [0.2, 0.25) is 0 Å². The largest absolute Gasteiger partial charge is 0.461 e. The molecule has 0 atom stereocenters. The van der Waals surface area contributed by atoms with Crippen molar-refractivity contribution >= 4 is 11.8 Å². The minimum Gasteiger partial charge on any atom is -0.461 e.